The molecule has 0 fully saturated rings. The number of hydrogen-bond donors (Lipinski definition) is 1. The number of hydrogen-bond acceptors (Lipinski definition) is 3. The molecule has 0 rings (SSSR count). The molecule has 0 aliphatic rings. The second-order valence-corrected chi connectivity index (χ2v) is 7.36. The summed E-state index contributed by atoms with van der Waals surface area (Å²) in [5, 5.41) is 8.19. The third-order valence-corrected chi connectivity index (χ3v) is 5.44. The van der Waals surface area contributed by atoms with Crippen LogP contribution < -0.4 is 4.72 Å². The molecule has 20 heavy (non-hydrogen) atoms. The molecule has 0 aromatic heterocycles. The number of sulfonamides is 1. The number of rotatable bonds is 13. The fraction of sp³-hybridized carbons (Fsp3) is 0.933. The molecule has 0 spiro atoms. The first-order valence-corrected chi connectivity index (χ1v) is 9.48. The number of unbranched alkanes of at least 4 members (excludes halogenated alkanes) is 5. The maximum absolute atomic E-state index is 12.2. The second kappa shape index (κ2) is 12.2. The molecule has 0 bridgehead atoms. The lowest BCUT2D eigenvalue weighted by molar-refractivity contribution is 0.518. The maximum Gasteiger partial charge on any atom is 0.214 e. The van der Waals surface area contributed by atoms with Gasteiger partial charge in [0.2, 0.25) is 10.0 Å². The number of nitrogens with zero attached hydrogens (tertiary/aromatic N) is 1. The van der Waals surface area contributed by atoms with Gasteiger partial charge in [0, 0.05) is 13.0 Å². The van der Waals surface area contributed by atoms with Gasteiger partial charge in [0.15, 0.2) is 0 Å². The van der Waals surface area contributed by atoms with Crippen molar-refractivity contribution in [3.63, 3.8) is 0 Å². The van der Waals surface area contributed by atoms with Gasteiger partial charge in [0.25, 0.3) is 0 Å². The summed E-state index contributed by atoms with van der Waals surface area (Å²) in [5.41, 5.74) is 0. The van der Waals surface area contributed by atoms with Crippen molar-refractivity contribution in [3.8, 4) is 6.07 Å². The van der Waals surface area contributed by atoms with Crippen molar-refractivity contribution in [2.45, 2.75) is 83.3 Å². The lowest BCUT2D eigenvalue weighted by Gasteiger charge is -2.17. The van der Waals surface area contributed by atoms with Crippen molar-refractivity contribution < 1.29 is 8.42 Å². The zero-order valence-corrected chi connectivity index (χ0v) is 13.8. The topological polar surface area (TPSA) is 70.0 Å². The van der Waals surface area contributed by atoms with Crippen LogP contribution in [0.3, 0.4) is 0 Å². The van der Waals surface area contributed by atoms with E-state index in [1.165, 1.54) is 19.3 Å². The minimum atomic E-state index is -3.26. The van der Waals surface area contributed by atoms with Gasteiger partial charge in [0.05, 0.1) is 11.3 Å². The Bertz CT molecular complexity index is 361. The molecular formula is C15H30N2O2S. The summed E-state index contributed by atoms with van der Waals surface area (Å²) >= 11 is 0. The maximum atomic E-state index is 12.2. The van der Waals surface area contributed by atoms with Crippen LogP contribution >= 0.6 is 0 Å². The van der Waals surface area contributed by atoms with Gasteiger partial charge >= 0.3 is 0 Å². The van der Waals surface area contributed by atoms with Crippen molar-refractivity contribution in [1.82, 2.24) is 4.72 Å². The highest BCUT2D eigenvalue weighted by atomic mass is 32.2. The molecule has 5 heteroatoms. The van der Waals surface area contributed by atoms with E-state index in [9.17, 15) is 8.42 Å². The van der Waals surface area contributed by atoms with Crippen molar-refractivity contribution in [2.75, 3.05) is 6.54 Å². The Hall–Kier alpha value is -0.600. The van der Waals surface area contributed by atoms with Crippen LogP contribution in [-0.2, 0) is 10.0 Å². The monoisotopic (exact) mass is 302 g/mol. The van der Waals surface area contributed by atoms with Crippen molar-refractivity contribution in [1.29, 1.82) is 5.26 Å². The van der Waals surface area contributed by atoms with Gasteiger partial charge in [-0.05, 0) is 12.8 Å². The zero-order valence-electron chi connectivity index (χ0n) is 13.0. The Morgan fingerprint density at radius 1 is 1.00 bits per heavy atom. The molecule has 0 aliphatic heterocycles. The van der Waals surface area contributed by atoms with Crippen LogP contribution in [0.15, 0.2) is 0 Å². The van der Waals surface area contributed by atoms with E-state index in [1.54, 1.807) is 0 Å². The van der Waals surface area contributed by atoms with Gasteiger partial charge in [-0.15, -0.1) is 0 Å². The third kappa shape index (κ3) is 9.33. The summed E-state index contributed by atoms with van der Waals surface area (Å²) in [6.07, 6.45) is 9.38. The standard InChI is InChI=1S/C15H30N2O2S/c1-3-5-7-8-9-12-15(11-6-4-2)20(18,19)17-14-10-13-16/h15,17H,3-12,14H2,1-2H3. The predicted octanol–water partition coefficient (Wildman–Crippen LogP) is 3.74. The molecule has 4 nitrogen and oxygen atoms in total. The van der Waals surface area contributed by atoms with E-state index < -0.39 is 10.0 Å². The summed E-state index contributed by atoms with van der Waals surface area (Å²) in [5.74, 6) is 0. The summed E-state index contributed by atoms with van der Waals surface area (Å²) < 4.78 is 27.0. The van der Waals surface area contributed by atoms with Crippen molar-refractivity contribution >= 4 is 10.0 Å². The molecule has 1 unspecified atom stereocenters. The highest BCUT2D eigenvalue weighted by molar-refractivity contribution is 7.90. The molecule has 0 heterocycles. The minimum Gasteiger partial charge on any atom is -0.214 e. The van der Waals surface area contributed by atoms with Crippen LogP contribution in [0, 0.1) is 11.3 Å². The molecule has 0 radical (unpaired) electrons. The highest BCUT2D eigenvalue weighted by Gasteiger charge is 2.23. The fourth-order valence-electron chi connectivity index (χ4n) is 2.23. The Balaban J connectivity index is 4.26. The lowest BCUT2D eigenvalue weighted by Crippen LogP contribution is -2.35. The molecular weight excluding hydrogens is 272 g/mol. The fourth-order valence-corrected chi connectivity index (χ4v) is 3.81. The molecule has 1 atom stereocenters. The van der Waals surface area contributed by atoms with Crippen LogP contribution in [0.1, 0.15) is 78.1 Å². The lowest BCUT2D eigenvalue weighted by atomic mass is 10.1. The quantitative estimate of drug-likeness (QED) is 0.527. The van der Waals surface area contributed by atoms with E-state index in [1.807, 2.05) is 6.07 Å². The van der Waals surface area contributed by atoms with Gasteiger partial charge in [-0.3, -0.25) is 0 Å². The van der Waals surface area contributed by atoms with Gasteiger partial charge in [-0.1, -0.05) is 58.8 Å². The van der Waals surface area contributed by atoms with Crippen LogP contribution in [0.25, 0.3) is 0 Å². The van der Waals surface area contributed by atoms with Crippen LogP contribution in [0.2, 0.25) is 0 Å². The Morgan fingerprint density at radius 3 is 2.20 bits per heavy atom. The van der Waals surface area contributed by atoms with Gasteiger partial charge < -0.3 is 0 Å². The van der Waals surface area contributed by atoms with Crippen LogP contribution in [0.5, 0.6) is 0 Å². The molecule has 0 aromatic carbocycles. The number of nitrogens with one attached hydrogen (secondary N) is 1. The summed E-state index contributed by atoms with van der Waals surface area (Å²) in [6, 6.07) is 1.96. The van der Waals surface area contributed by atoms with Gasteiger partial charge in [0.1, 0.15) is 0 Å². The minimum absolute atomic E-state index is 0.232. The summed E-state index contributed by atoms with van der Waals surface area (Å²) in [7, 11) is -3.26. The molecule has 0 aliphatic carbocycles. The van der Waals surface area contributed by atoms with Crippen LogP contribution in [-0.4, -0.2) is 20.2 Å². The first-order valence-electron chi connectivity index (χ1n) is 7.93. The predicted molar refractivity (Wildman–Crippen MR) is 83.8 cm³/mol. The van der Waals surface area contributed by atoms with Crippen molar-refractivity contribution in [3.05, 3.63) is 0 Å². The number of nitriles is 1. The van der Waals surface area contributed by atoms with E-state index in [-0.39, 0.29) is 18.2 Å². The molecule has 0 saturated carbocycles. The average Bonchev–Trinajstić information content (AvgIpc) is 2.41. The first-order chi connectivity index (χ1) is 9.58. The Kier molecular flexibility index (Phi) is 11.8. The average molecular weight is 302 g/mol. The smallest absolute Gasteiger partial charge is 0.214 e. The zero-order chi connectivity index (χ0) is 15.3. The molecule has 0 amide bonds. The van der Waals surface area contributed by atoms with E-state index in [0.29, 0.717) is 0 Å². The van der Waals surface area contributed by atoms with E-state index in [2.05, 4.69) is 18.6 Å². The highest BCUT2D eigenvalue weighted by Crippen LogP contribution is 2.17. The second-order valence-electron chi connectivity index (χ2n) is 5.31. The Labute approximate surface area is 125 Å². The first kappa shape index (κ1) is 19.4. The molecule has 0 saturated heterocycles. The molecule has 0 aromatic rings. The van der Waals surface area contributed by atoms with Crippen molar-refractivity contribution in [2.24, 2.45) is 0 Å². The van der Waals surface area contributed by atoms with E-state index in [0.717, 1.165) is 38.5 Å². The molecule has 1 N–H and O–H groups in total. The third-order valence-electron chi connectivity index (χ3n) is 3.49. The Morgan fingerprint density at radius 2 is 1.60 bits per heavy atom. The summed E-state index contributed by atoms with van der Waals surface area (Å²) in [4.78, 5) is 0. The normalized spacial score (nSPS) is 13.1. The van der Waals surface area contributed by atoms with Gasteiger partial charge in [-0.2, -0.15) is 5.26 Å². The largest absolute Gasteiger partial charge is 0.214 e. The van der Waals surface area contributed by atoms with E-state index in [4.69, 9.17) is 5.26 Å². The van der Waals surface area contributed by atoms with E-state index >= 15 is 0 Å². The summed E-state index contributed by atoms with van der Waals surface area (Å²) in [6.45, 7) is 4.49. The SMILES string of the molecule is CCCCCCCC(CCCC)S(=O)(=O)NCCC#N. The van der Waals surface area contributed by atoms with Crippen LogP contribution in [0.4, 0.5) is 0 Å². The molecule has 118 valence electrons. The van der Waals surface area contributed by atoms with Gasteiger partial charge in [-0.25, -0.2) is 13.1 Å².